The van der Waals surface area contributed by atoms with Crippen molar-refractivity contribution in [2.75, 3.05) is 14.2 Å². The molecule has 4 heteroatoms. The van der Waals surface area contributed by atoms with E-state index in [0.717, 1.165) is 10.0 Å². The quantitative estimate of drug-likeness (QED) is 0.780. The zero-order valence-electron chi connectivity index (χ0n) is 10.4. The van der Waals surface area contributed by atoms with Gasteiger partial charge in [-0.05, 0) is 24.6 Å². The van der Waals surface area contributed by atoms with E-state index < -0.39 is 0 Å². The molecule has 0 radical (unpaired) electrons. The molecule has 0 atom stereocenters. The molecule has 0 heterocycles. The van der Waals surface area contributed by atoms with Crippen LogP contribution in [-0.4, -0.2) is 25.1 Å². The third kappa shape index (κ3) is 3.94. The molecule has 0 spiro atoms. The molecule has 16 heavy (non-hydrogen) atoms. The minimum Gasteiger partial charge on any atom is -0.274 e. The lowest BCUT2D eigenvalue weighted by atomic mass is 10.1. The number of hydroxylamine groups is 2. The fourth-order valence-electron chi connectivity index (χ4n) is 0.991. The van der Waals surface area contributed by atoms with Crippen molar-refractivity contribution in [2.24, 2.45) is 0 Å². The number of carbonyl (C=O) groups is 1. The highest BCUT2D eigenvalue weighted by Crippen LogP contribution is 2.18. The van der Waals surface area contributed by atoms with Crippen LogP contribution in [0.1, 0.15) is 29.8 Å². The number of carbonyl (C=O) groups excluding carboxylic acids is 1. The maximum atomic E-state index is 11.6. The van der Waals surface area contributed by atoms with E-state index in [2.05, 4.69) is 15.9 Å². The molecule has 0 aliphatic carbocycles. The van der Waals surface area contributed by atoms with Crippen molar-refractivity contribution in [1.82, 2.24) is 5.06 Å². The minimum atomic E-state index is -0.159. The molecule has 0 unspecified atom stereocenters. The SMILES string of the molecule is CC.CON(C)C(=O)c1ccc(C)c(Br)c1. The van der Waals surface area contributed by atoms with Gasteiger partial charge in [0.15, 0.2) is 0 Å². The topological polar surface area (TPSA) is 29.5 Å². The molecule has 0 bridgehead atoms. The van der Waals surface area contributed by atoms with E-state index in [-0.39, 0.29) is 5.91 Å². The van der Waals surface area contributed by atoms with Gasteiger partial charge in [-0.1, -0.05) is 35.8 Å². The van der Waals surface area contributed by atoms with Crippen LogP contribution < -0.4 is 0 Å². The first-order valence-corrected chi connectivity index (χ1v) is 5.94. The second kappa shape index (κ2) is 7.41. The van der Waals surface area contributed by atoms with Crippen molar-refractivity contribution in [3.63, 3.8) is 0 Å². The summed E-state index contributed by atoms with van der Waals surface area (Å²) in [4.78, 5) is 16.4. The Labute approximate surface area is 105 Å². The number of hydrogen-bond donors (Lipinski definition) is 0. The zero-order chi connectivity index (χ0) is 12.7. The van der Waals surface area contributed by atoms with Crippen molar-refractivity contribution in [3.8, 4) is 0 Å². The third-order valence-electron chi connectivity index (χ3n) is 1.98. The van der Waals surface area contributed by atoms with E-state index in [4.69, 9.17) is 4.84 Å². The Kier molecular flexibility index (Phi) is 7.01. The molecule has 0 N–H and O–H groups in total. The van der Waals surface area contributed by atoms with Crippen molar-refractivity contribution in [2.45, 2.75) is 20.8 Å². The number of halogens is 1. The van der Waals surface area contributed by atoms with Crippen LogP contribution in [0, 0.1) is 6.92 Å². The molecule has 1 amide bonds. The van der Waals surface area contributed by atoms with E-state index >= 15 is 0 Å². The predicted molar refractivity (Wildman–Crippen MR) is 69.3 cm³/mol. The average Bonchev–Trinajstić information content (AvgIpc) is 2.33. The number of benzene rings is 1. The predicted octanol–water partition coefficient (Wildman–Crippen LogP) is 3.42. The normalized spacial score (nSPS) is 9.12. The molecule has 1 rings (SSSR count). The van der Waals surface area contributed by atoms with Crippen molar-refractivity contribution in [3.05, 3.63) is 33.8 Å². The molecule has 0 saturated carbocycles. The Hall–Kier alpha value is -0.870. The number of amides is 1. The van der Waals surface area contributed by atoms with Crippen molar-refractivity contribution in [1.29, 1.82) is 0 Å². The van der Waals surface area contributed by atoms with Gasteiger partial charge in [0.25, 0.3) is 5.91 Å². The van der Waals surface area contributed by atoms with E-state index in [0.29, 0.717) is 5.56 Å². The van der Waals surface area contributed by atoms with Gasteiger partial charge in [0.2, 0.25) is 0 Å². The molecule has 0 aliphatic heterocycles. The highest BCUT2D eigenvalue weighted by atomic mass is 79.9. The van der Waals surface area contributed by atoms with Crippen LogP contribution in [0.5, 0.6) is 0 Å². The molecule has 0 aliphatic rings. The highest BCUT2D eigenvalue weighted by Gasteiger charge is 2.11. The van der Waals surface area contributed by atoms with Crippen LogP contribution in [0.2, 0.25) is 0 Å². The number of hydrogen-bond acceptors (Lipinski definition) is 2. The van der Waals surface area contributed by atoms with E-state index in [1.165, 1.54) is 12.2 Å². The number of nitrogens with zero attached hydrogens (tertiary/aromatic N) is 1. The summed E-state index contributed by atoms with van der Waals surface area (Å²) >= 11 is 3.37. The average molecular weight is 288 g/mol. The second-order valence-corrected chi connectivity index (χ2v) is 3.80. The van der Waals surface area contributed by atoms with Crippen LogP contribution in [0.4, 0.5) is 0 Å². The summed E-state index contributed by atoms with van der Waals surface area (Å²) in [5.74, 6) is -0.159. The van der Waals surface area contributed by atoms with E-state index in [1.807, 2.05) is 26.8 Å². The Balaban J connectivity index is 0.00000106. The lowest BCUT2D eigenvalue weighted by Crippen LogP contribution is -2.25. The number of aryl methyl sites for hydroxylation is 1. The van der Waals surface area contributed by atoms with Gasteiger partial charge >= 0.3 is 0 Å². The van der Waals surface area contributed by atoms with Crippen LogP contribution in [0.3, 0.4) is 0 Å². The molecule has 90 valence electrons. The molecule has 3 nitrogen and oxygen atoms in total. The maximum Gasteiger partial charge on any atom is 0.277 e. The molecule has 1 aromatic carbocycles. The van der Waals surface area contributed by atoms with Crippen LogP contribution >= 0.6 is 15.9 Å². The Morgan fingerprint density at radius 1 is 1.38 bits per heavy atom. The van der Waals surface area contributed by atoms with Gasteiger partial charge in [-0.15, -0.1) is 0 Å². The summed E-state index contributed by atoms with van der Waals surface area (Å²) in [5, 5.41) is 1.19. The maximum absolute atomic E-state index is 11.6. The van der Waals surface area contributed by atoms with Crippen molar-refractivity contribution < 1.29 is 9.63 Å². The van der Waals surface area contributed by atoms with E-state index in [1.54, 1.807) is 19.2 Å². The third-order valence-corrected chi connectivity index (χ3v) is 2.83. The molecule has 1 aromatic rings. The van der Waals surface area contributed by atoms with Crippen LogP contribution in [0.25, 0.3) is 0 Å². The Morgan fingerprint density at radius 2 is 1.94 bits per heavy atom. The first-order chi connectivity index (χ1) is 7.56. The van der Waals surface area contributed by atoms with Gasteiger partial charge in [0, 0.05) is 17.1 Å². The molecular weight excluding hydrogens is 270 g/mol. The summed E-state index contributed by atoms with van der Waals surface area (Å²) in [6.07, 6.45) is 0. The lowest BCUT2D eigenvalue weighted by Gasteiger charge is -2.13. The lowest BCUT2D eigenvalue weighted by molar-refractivity contribution is -0.0757. The first-order valence-electron chi connectivity index (χ1n) is 5.14. The summed E-state index contributed by atoms with van der Waals surface area (Å²) in [6.45, 7) is 5.97. The highest BCUT2D eigenvalue weighted by molar-refractivity contribution is 9.10. The van der Waals surface area contributed by atoms with Gasteiger partial charge in [-0.25, -0.2) is 5.06 Å². The Bertz CT molecular complexity index is 353. The molecule has 0 saturated heterocycles. The molecule has 0 fully saturated rings. The van der Waals surface area contributed by atoms with Gasteiger partial charge < -0.3 is 0 Å². The van der Waals surface area contributed by atoms with Gasteiger partial charge in [-0.3, -0.25) is 9.63 Å². The monoisotopic (exact) mass is 287 g/mol. The Morgan fingerprint density at radius 3 is 2.38 bits per heavy atom. The van der Waals surface area contributed by atoms with Gasteiger partial charge in [0.1, 0.15) is 0 Å². The second-order valence-electron chi connectivity index (χ2n) is 2.95. The van der Waals surface area contributed by atoms with Crippen LogP contribution in [-0.2, 0) is 4.84 Å². The minimum absolute atomic E-state index is 0.159. The smallest absolute Gasteiger partial charge is 0.274 e. The largest absolute Gasteiger partial charge is 0.277 e. The number of rotatable bonds is 2. The summed E-state index contributed by atoms with van der Waals surface area (Å²) in [6, 6.07) is 5.45. The van der Waals surface area contributed by atoms with Gasteiger partial charge in [-0.2, -0.15) is 0 Å². The fourth-order valence-corrected chi connectivity index (χ4v) is 1.37. The summed E-state index contributed by atoms with van der Waals surface area (Å²) in [7, 11) is 3.04. The van der Waals surface area contributed by atoms with E-state index in [9.17, 15) is 4.79 Å². The van der Waals surface area contributed by atoms with Gasteiger partial charge in [0.05, 0.1) is 7.11 Å². The summed E-state index contributed by atoms with van der Waals surface area (Å²) < 4.78 is 0.924. The fraction of sp³-hybridized carbons (Fsp3) is 0.417. The van der Waals surface area contributed by atoms with Crippen LogP contribution in [0.15, 0.2) is 22.7 Å². The molecule has 0 aromatic heterocycles. The molecular formula is C12H18BrNO2. The summed E-state index contributed by atoms with van der Waals surface area (Å²) in [5.41, 5.74) is 1.70. The first kappa shape index (κ1) is 15.1. The van der Waals surface area contributed by atoms with Crippen molar-refractivity contribution >= 4 is 21.8 Å². The standard InChI is InChI=1S/C10H12BrNO2.C2H6/c1-7-4-5-8(6-9(7)11)10(13)12(2)14-3;1-2/h4-6H,1-3H3;1-2H3. The zero-order valence-corrected chi connectivity index (χ0v) is 12.0.